The maximum Gasteiger partial charge on any atom is 0.239 e. The van der Waals surface area contributed by atoms with Crippen molar-refractivity contribution in [3.63, 3.8) is 0 Å². The minimum absolute atomic E-state index is 0.0819. The molecule has 1 aromatic rings. The third-order valence-corrected chi connectivity index (χ3v) is 6.91. The zero-order valence-corrected chi connectivity index (χ0v) is 20.9. The van der Waals surface area contributed by atoms with Gasteiger partial charge in [-0.15, -0.1) is 0 Å². The van der Waals surface area contributed by atoms with Crippen molar-refractivity contribution in [1.29, 1.82) is 0 Å². The average molecular weight is 506 g/mol. The summed E-state index contributed by atoms with van der Waals surface area (Å²) in [5.74, 6) is 0.0942. The van der Waals surface area contributed by atoms with Crippen LogP contribution in [0, 0.1) is 0 Å². The first kappa shape index (κ1) is 25.7. The van der Waals surface area contributed by atoms with Crippen molar-refractivity contribution in [2.75, 3.05) is 52.5 Å². The summed E-state index contributed by atoms with van der Waals surface area (Å²) in [7, 11) is 0. The standard InChI is InChI=1S/C24H33ClFN7O2/c1-16(2)27-13-19(17-3-5-18(25)6-4-17)24(35)32-11-9-31(10-12-32)23-21-22(28-15-29-23)30-20(34)14-33(21)8-7-26/h3-6,15-16,19,21,23,27H,7-14H2,1-2H3,(H,28,29,30,34)/t19-,21?,23?/m1/s1. The van der Waals surface area contributed by atoms with Crippen molar-refractivity contribution in [3.8, 4) is 0 Å². The number of nitrogens with one attached hydrogen (secondary N) is 2. The Morgan fingerprint density at radius 2 is 1.94 bits per heavy atom. The van der Waals surface area contributed by atoms with Crippen molar-refractivity contribution >= 4 is 35.6 Å². The molecule has 11 heteroatoms. The molecular formula is C24H33ClFN7O2. The number of carbonyl (C=O) groups is 2. The van der Waals surface area contributed by atoms with E-state index >= 15 is 0 Å². The summed E-state index contributed by atoms with van der Waals surface area (Å²) in [6.45, 7) is 6.75. The molecule has 1 aromatic carbocycles. The summed E-state index contributed by atoms with van der Waals surface area (Å²) < 4.78 is 13.2. The molecule has 190 valence electrons. The number of alkyl halides is 1. The number of fused-ring (bicyclic) bond motifs is 1. The highest BCUT2D eigenvalue weighted by Crippen LogP contribution is 2.24. The zero-order valence-electron chi connectivity index (χ0n) is 20.2. The van der Waals surface area contributed by atoms with Gasteiger partial charge in [-0.1, -0.05) is 37.6 Å². The van der Waals surface area contributed by atoms with Gasteiger partial charge in [0.25, 0.3) is 0 Å². The van der Waals surface area contributed by atoms with Gasteiger partial charge in [0.15, 0.2) is 0 Å². The van der Waals surface area contributed by atoms with Gasteiger partial charge in [0.2, 0.25) is 11.8 Å². The first-order valence-corrected chi connectivity index (χ1v) is 12.5. The van der Waals surface area contributed by atoms with E-state index in [2.05, 4.69) is 39.4 Å². The van der Waals surface area contributed by atoms with Crippen LogP contribution in [0.25, 0.3) is 0 Å². The van der Waals surface area contributed by atoms with E-state index in [0.29, 0.717) is 43.6 Å². The predicted molar refractivity (Wildman–Crippen MR) is 135 cm³/mol. The van der Waals surface area contributed by atoms with Gasteiger partial charge < -0.3 is 15.5 Å². The number of rotatable bonds is 8. The highest BCUT2D eigenvalue weighted by molar-refractivity contribution is 6.30. The second-order valence-corrected chi connectivity index (χ2v) is 9.81. The number of amidine groups is 1. The molecule has 2 saturated heterocycles. The molecule has 0 spiro atoms. The fraction of sp³-hybridized carbons (Fsp3) is 0.583. The lowest BCUT2D eigenvalue weighted by atomic mass is 9.96. The number of aliphatic imine (C=N–C) groups is 2. The maximum absolute atomic E-state index is 13.6. The molecule has 2 unspecified atom stereocenters. The molecule has 3 aliphatic heterocycles. The number of hydrogen-bond donors (Lipinski definition) is 2. The quantitative estimate of drug-likeness (QED) is 0.552. The zero-order chi connectivity index (χ0) is 24.9. The van der Waals surface area contributed by atoms with Crippen LogP contribution in [0.3, 0.4) is 0 Å². The van der Waals surface area contributed by atoms with Crippen molar-refractivity contribution in [3.05, 3.63) is 34.9 Å². The molecule has 2 fully saturated rings. The van der Waals surface area contributed by atoms with E-state index in [0.717, 1.165) is 5.56 Å². The van der Waals surface area contributed by atoms with Crippen LogP contribution in [-0.4, -0.2) is 109 Å². The van der Waals surface area contributed by atoms with Crippen molar-refractivity contribution < 1.29 is 14.0 Å². The summed E-state index contributed by atoms with van der Waals surface area (Å²) in [6.07, 6.45) is 1.17. The third kappa shape index (κ3) is 6.06. The van der Waals surface area contributed by atoms with Crippen molar-refractivity contribution in [2.45, 2.75) is 38.0 Å². The first-order valence-electron chi connectivity index (χ1n) is 12.1. The number of carbonyl (C=O) groups excluding carboxylic acids is 2. The molecule has 0 aromatic heterocycles. The van der Waals surface area contributed by atoms with E-state index < -0.39 is 6.67 Å². The van der Waals surface area contributed by atoms with Crippen LogP contribution >= 0.6 is 11.6 Å². The number of hydrogen-bond acceptors (Lipinski definition) is 7. The molecule has 35 heavy (non-hydrogen) atoms. The lowest BCUT2D eigenvalue weighted by Crippen LogP contribution is -2.67. The molecule has 0 radical (unpaired) electrons. The van der Waals surface area contributed by atoms with Crippen LogP contribution < -0.4 is 10.6 Å². The Morgan fingerprint density at radius 3 is 2.60 bits per heavy atom. The molecule has 4 rings (SSSR count). The highest BCUT2D eigenvalue weighted by Gasteiger charge is 2.42. The van der Waals surface area contributed by atoms with Crippen LogP contribution in [0.2, 0.25) is 5.02 Å². The van der Waals surface area contributed by atoms with Gasteiger partial charge in [0, 0.05) is 50.3 Å². The molecular weight excluding hydrogens is 473 g/mol. The normalized spacial score (nSPS) is 24.2. The van der Waals surface area contributed by atoms with E-state index in [1.807, 2.05) is 29.2 Å². The van der Waals surface area contributed by atoms with Crippen molar-refractivity contribution in [1.82, 2.24) is 25.3 Å². The molecule has 3 heterocycles. The third-order valence-electron chi connectivity index (χ3n) is 6.66. The largest absolute Gasteiger partial charge is 0.340 e. The Balaban J connectivity index is 1.43. The van der Waals surface area contributed by atoms with Gasteiger partial charge in [-0.25, -0.2) is 9.38 Å². The molecule has 3 atom stereocenters. The Kier molecular flexibility index (Phi) is 8.48. The van der Waals surface area contributed by atoms with Gasteiger partial charge in [-0.05, 0) is 17.7 Å². The Hall–Kier alpha value is -2.40. The van der Waals surface area contributed by atoms with Gasteiger partial charge in [-0.2, -0.15) is 0 Å². The molecule has 0 saturated carbocycles. The molecule has 3 aliphatic rings. The number of piperazine rings is 2. The van der Waals surface area contributed by atoms with Crippen LogP contribution in [0.15, 0.2) is 34.3 Å². The number of nitrogens with zero attached hydrogens (tertiary/aromatic N) is 5. The second kappa shape index (κ2) is 11.6. The summed E-state index contributed by atoms with van der Waals surface area (Å²) in [6, 6.07) is 7.41. The smallest absolute Gasteiger partial charge is 0.239 e. The topological polar surface area (TPSA) is 92.6 Å². The second-order valence-electron chi connectivity index (χ2n) is 9.37. The summed E-state index contributed by atoms with van der Waals surface area (Å²) in [4.78, 5) is 40.3. The Bertz CT molecular complexity index is 963. The average Bonchev–Trinajstić information content (AvgIpc) is 2.84. The van der Waals surface area contributed by atoms with Gasteiger partial charge in [0.1, 0.15) is 31.1 Å². The molecule has 2 N–H and O–H groups in total. The fourth-order valence-electron chi connectivity index (χ4n) is 4.84. The summed E-state index contributed by atoms with van der Waals surface area (Å²) in [5.41, 5.74) is 0.938. The molecule has 0 bridgehead atoms. The van der Waals surface area contributed by atoms with E-state index in [9.17, 15) is 14.0 Å². The predicted octanol–water partition coefficient (Wildman–Crippen LogP) is 1.10. The van der Waals surface area contributed by atoms with Crippen LogP contribution in [-0.2, 0) is 9.59 Å². The van der Waals surface area contributed by atoms with Crippen LogP contribution in [0.5, 0.6) is 0 Å². The monoisotopic (exact) mass is 505 g/mol. The van der Waals surface area contributed by atoms with Crippen molar-refractivity contribution in [2.24, 2.45) is 9.98 Å². The van der Waals surface area contributed by atoms with E-state index in [1.54, 1.807) is 4.90 Å². The lowest BCUT2D eigenvalue weighted by Gasteiger charge is -2.46. The SMILES string of the molecule is CC(C)NC[C@@H](C(=O)N1CCN(C2N=CN=C3NC(=O)CN(CCF)C32)CC1)c1ccc(Cl)cc1. The maximum atomic E-state index is 13.6. The van der Waals surface area contributed by atoms with Crippen LogP contribution in [0.4, 0.5) is 4.39 Å². The van der Waals surface area contributed by atoms with E-state index in [-0.39, 0.29) is 49.1 Å². The Morgan fingerprint density at radius 1 is 1.23 bits per heavy atom. The number of halogens is 2. The van der Waals surface area contributed by atoms with Gasteiger partial charge in [-0.3, -0.25) is 24.4 Å². The van der Waals surface area contributed by atoms with Crippen LogP contribution in [0.1, 0.15) is 25.3 Å². The molecule has 9 nitrogen and oxygen atoms in total. The molecule has 2 amide bonds. The van der Waals surface area contributed by atoms with E-state index in [4.69, 9.17) is 11.6 Å². The lowest BCUT2D eigenvalue weighted by molar-refractivity contribution is -0.135. The van der Waals surface area contributed by atoms with Gasteiger partial charge in [0.05, 0.1) is 12.5 Å². The fourth-order valence-corrected chi connectivity index (χ4v) is 4.97. The number of benzene rings is 1. The Labute approximate surface area is 210 Å². The summed E-state index contributed by atoms with van der Waals surface area (Å²) in [5, 5.41) is 6.85. The molecule has 0 aliphatic carbocycles. The summed E-state index contributed by atoms with van der Waals surface area (Å²) >= 11 is 6.06. The van der Waals surface area contributed by atoms with E-state index in [1.165, 1.54) is 6.34 Å². The number of amides is 2. The highest BCUT2D eigenvalue weighted by atomic mass is 35.5. The minimum Gasteiger partial charge on any atom is -0.340 e. The minimum atomic E-state index is -0.549. The first-order chi connectivity index (χ1) is 16.9. The van der Waals surface area contributed by atoms with Gasteiger partial charge >= 0.3 is 0 Å².